The van der Waals surface area contributed by atoms with Crippen LogP contribution >= 0.6 is 12.6 Å². The average Bonchev–Trinajstić information content (AvgIpc) is 1.85. The summed E-state index contributed by atoms with van der Waals surface area (Å²) < 4.78 is 33.8. The average molecular weight is 174 g/mol. The first-order valence-corrected chi connectivity index (χ1v) is 2.74. The van der Waals surface area contributed by atoms with Crippen LogP contribution in [0.1, 0.15) is 0 Å². The lowest BCUT2D eigenvalue weighted by atomic mass is 10.5. The molecular weight excluding hydrogens is 173 g/mol. The van der Waals surface area contributed by atoms with Gasteiger partial charge in [-0.1, -0.05) is 12.6 Å². The van der Waals surface area contributed by atoms with Gasteiger partial charge in [-0.15, -0.1) is 0 Å². The fourth-order valence-corrected chi connectivity index (χ4v) is 0.248. The van der Waals surface area contributed by atoms with Gasteiger partial charge in [0.15, 0.2) is 0 Å². The SMILES string of the molecule is FC(F)(F)C#CC#CC#CS. The van der Waals surface area contributed by atoms with E-state index >= 15 is 0 Å². The second-order valence-electron chi connectivity index (χ2n) is 1.23. The maximum Gasteiger partial charge on any atom is 0.458 e. The van der Waals surface area contributed by atoms with Gasteiger partial charge in [-0.05, 0) is 28.9 Å². The lowest BCUT2D eigenvalue weighted by Crippen LogP contribution is -2.00. The maximum absolute atomic E-state index is 11.3. The second-order valence-corrected chi connectivity index (χ2v) is 1.46. The summed E-state index contributed by atoms with van der Waals surface area (Å²) in [7, 11) is 0. The molecule has 0 unspecified atom stereocenters. The van der Waals surface area contributed by atoms with Gasteiger partial charge in [0.25, 0.3) is 0 Å². The lowest BCUT2D eigenvalue weighted by molar-refractivity contribution is -0.0696. The van der Waals surface area contributed by atoms with Crippen molar-refractivity contribution >= 4 is 12.6 Å². The number of hydrogen-bond acceptors (Lipinski definition) is 1. The fraction of sp³-hybridized carbons (Fsp3) is 0.143. The molecule has 0 radical (unpaired) electrons. The molecule has 0 heterocycles. The minimum absolute atomic E-state index is 0.964. The molecule has 0 spiro atoms. The van der Waals surface area contributed by atoms with Crippen LogP contribution in [-0.4, -0.2) is 6.18 Å². The van der Waals surface area contributed by atoms with Crippen LogP contribution in [0, 0.1) is 34.9 Å². The number of thiol groups is 1. The summed E-state index contributed by atoms with van der Waals surface area (Å²) >= 11 is 3.45. The molecule has 0 rings (SSSR count). The summed E-state index contributed by atoms with van der Waals surface area (Å²) in [5.41, 5.74) is 0. The van der Waals surface area contributed by atoms with Crippen LogP contribution in [0.3, 0.4) is 0 Å². The molecule has 0 aromatic heterocycles. The van der Waals surface area contributed by atoms with E-state index in [4.69, 9.17) is 0 Å². The van der Waals surface area contributed by atoms with E-state index in [1.54, 1.807) is 5.92 Å². The Kier molecular flexibility index (Phi) is 4.11. The molecule has 0 aliphatic carbocycles. The highest BCUT2D eigenvalue weighted by atomic mass is 32.1. The predicted molar refractivity (Wildman–Crippen MR) is 38.4 cm³/mol. The Bertz CT molecular complexity index is 294. The molecule has 0 atom stereocenters. The summed E-state index contributed by atoms with van der Waals surface area (Å²) in [5, 5.41) is 2.09. The monoisotopic (exact) mass is 174 g/mol. The molecule has 0 fully saturated rings. The molecule has 56 valence electrons. The minimum atomic E-state index is -4.48. The third kappa shape index (κ3) is 8.82. The standard InChI is InChI=1S/C7HF3S/c8-7(9,10)5-3-1-2-4-6-11/h11H. The van der Waals surface area contributed by atoms with Crippen molar-refractivity contribution in [3.05, 3.63) is 0 Å². The normalized spacial score (nSPS) is 7.64. The van der Waals surface area contributed by atoms with E-state index in [1.165, 1.54) is 0 Å². The highest BCUT2D eigenvalue weighted by Crippen LogP contribution is 2.11. The van der Waals surface area contributed by atoms with Crippen LogP contribution in [-0.2, 0) is 0 Å². The Balaban J connectivity index is 4.12. The molecular formula is C7HF3S. The zero-order valence-electron chi connectivity index (χ0n) is 5.08. The van der Waals surface area contributed by atoms with Crippen molar-refractivity contribution in [1.29, 1.82) is 0 Å². The minimum Gasteiger partial charge on any atom is -0.159 e. The van der Waals surface area contributed by atoms with Gasteiger partial charge in [0.1, 0.15) is 0 Å². The van der Waals surface area contributed by atoms with Gasteiger partial charge in [-0.2, -0.15) is 13.2 Å². The smallest absolute Gasteiger partial charge is 0.159 e. The Morgan fingerprint density at radius 3 is 1.91 bits per heavy atom. The van der Waals surface area contributed by atoms with Gasteiger partial charge in [0, 0.05) is 5.92 Å². The summed E-state index contributed by atoms with van der Waals surface area (Å²) in [5.74, 6) is 8.61. The molecule has 0 amide bonds. The highest BCUT2D eigenvalue weighted by Gasteiger charge is 2.22. The molecule has 0 saturated carbocycles. The summed E-state index contributed by atoms with van der Waals surface area (Å²) in [6.07, 6.45) is -4.48. The highest BCUT2D eigenvalue weighted by molar-refractivity contribution is 7.85. The lowest BCUT2D eigenvalue weighted by Gasteiger charge is -1.88. The number of rotatable bonds is 0. The Morgan fingerprint density at radius 1 is 0.909 bits per heavy atom. The van der Waals surface area contributed by atoms with E-state index in [-0.39, 0.29) is 0 Å². The summed E-state index contributed by atoms with van der Waals surface area (Å²) in [4.78, 5) is 0. The van der Waals surface area contributed by atoms with Gasteiger partial charge in [0.2, 0.25) is 0 Å². The Morgan fingerprint density at radius 2 is 1.45 bits per heavy atom. The predicted octanol–water partition coefficient (Wildman–Crippen LogP) is 1.45. The molecule has 11 heavy (non-hydrogen) atoms. The first-order valence-electron chi connectivity index (χ1n) is 2.29. The molecule has 0 aliphatic heterocycles. The number of halogens is 3. The third-order valence-electron chi connectivity index (χ3n) is 0.448. The molecule has 0 N–H and O–H groups in total. The van der Waals surface area contributed by atoms with Crippen LogP contribution in [0.4, 0.5) is 13.2 Å². The number of hydrogen-bond donors (Lipinski definition) is 1. The fourth-order valence-electron chi connectivity index (χ4n) is 0.193. The summed E-state index contributed by atoms with van der Waals surface area (Å²) in [6.45, 7) is 0. The molecule has 0 nitrogen and oxygen atoms in total. The maximum atomic E-state index is 11.3. The van der Waals surface area contributed by atoms with E-state index in [9.17, 15) is 13.2 Å². The summed E-state index contributed by atoms with van der Waals surface area (Å²) in [6, 6.07) is 0. The van der Waals surface area contributed by atoms with Crippen molar-refractivity contribution in [2.75, 3.05) is 0 Å². The van der Waals surface area contributed by atoms with E-state index in [2.05, 4.69) is 23.8 Å². The van der Waals surface area contributed by atoms with E-state index in [0.29, 0.717) is 0 Å². The van der Waals surface area contributed by atoms with Gasteiger partial charge in [-0.25, -0.2) is 0 Å². The van der Waals surface area contributed by atoms with E-state index in [1.807, 2.05) is 11.8 Å². The quantitative estimate of drug-likeness (QED) is 0.417. The van der Waals surface area contributed by atoms with Crippen molar-refractivity contribution < 1.29 is 13.2 Å². The van der Waals surface area contributed by atoms with Crippen LogP contribution in [0.2, 0.25) is 0 Å². The van der Waals surface area contributed by atoms with Gasteiger partial charge in [0.05, 0.1) is 0 Å². The molecule has 0 aromatic rings. The van der Waals surface area contributed by atoms with Gasteiger partial charge >= 0.3 is 6.18 Å². The first kappa shape index (κ1) is 9.82. The first-order chi connectivity index (χ1) is 5.06. The van der Waals surface area contributed by atoms with Crippen molar-refractivity contribution in [3.8, 4) is 34.9 Å². The van der Waals surface area contributed by atoms with Crippen molar-refractivity contribution in [1.82, 2.24) is 0 Å². The number of alkyl halides is 3. The molecule has 0 aromatic carbocycles. The van der Waals surface area contributed by atoms with E-state index < -0.39 is 6.18 Å². The van der Waals surface area contributed by atoms with E-state index in [0.717, 1.165) is 5.92 Å². The van der Waals surface area contributed by atoms with Crippen LogP contribution in [0.5, 0.6) is 0 Å². The largest absolute Gasteiger partial charge is 0.458 e. The van der Waals surface area contributed by atoms with Crippen molar-refractivity contribution in [3.63, 3.8) is 0 Å². The van der Waals surface area contributed by atoms with Crippen molar-refractivity contribution in [2.45, 2.75) is 6.18 Å². The molecule has 0 saturated heterocycles. The second kappa shape index (κ2) is 4.61. The third-order valence-corrected chi connectivity index (χ3v) is 0.559. The van der Waals surface area contributed by atoms with Crippen LogP contribution in [0.15, 0.2) is 0 Å². The van der Waals surface area contributed by atoms with Crippen LogP contribution < -0.4 is 0 Å². The molecule has 0 bridgehead atoms. The Labute approximate surface area is 67.6 Å². The van der Waals surface area contributed by atoms with Crippen LogP contribution in [0.25, 0.3) is 0 Å². The van der Waals surface area contributed by atoms with Gasteiger partial charge < -0.3 is 0 Å². The zero-order chi connectivity index (χ0) is 8.74. The van der Waals surface area contributed by atoms with Crippen molar-refractivity contribution in [2.24, 2.45) is 0 Å². The molecule has 0 aliphatic rings. The molecule has 4 heteroatoms. The van der Waals surface area contributed by atoms with Gasteiger partial charge in [-0.3, -0.25) is 0 Å². The zero-order valence-corrected chi connectivity index (χ0v) is 5.98. The Hall–Kier alpha value is -1.18. The topological polar surface area (TPSA) is 0 Å².